The van der Waals surface area contributed by atoms with E-state index >= 15 is 0 Å². The van der Waals surface area contributed by atoms with Gasteiger partial charge in [-0.3, -0.25) is 4.79 Å². The normalized spacial score (nSPS) is 20.9. The van der Waals surface area contributed by atoms with Gasteiger partial charge in [-0.1, -0.05) is 18.2 Å². The number of rotatable bonds is 6. The maximum Gasteiger partial charge on any atom is 0.246 e. The highest BCUT2D eigenvalue weighted by Crippen LogP contribution is 2.42. The van der Waals surface area contributed by atoms with E-state index in [-0.39, 0.29) is 23.7 Å². The number of ether oxygens (including phenoxy) is 1. The summed E-state index contributed by atoms with van der Waals surface area (Å²) in [5.74, 6) is 0.423. The summed E-state index contributed by atoms with van der Waals surface area (Å²) in [7, 11) is 3.97. The minimum absolute atomic E-state index is 0.00471. The van der Waals surface area contributed by atoms with Gasteiger partial charge in [0, 0.05) is 60.4 Å². The lowest BCUT2D eigenvalue weighted by Gasteiger charge is -2.17. The lowest BCUT2D eigenvalue weighted by atomic mass is 9.95. The summed E-state index contributed by atoms with van der Waals surface area (Å²) in [6.45, 7) is 2.88. The topological polar surface area (TPSA) is 94.6 Å². The molecule has 0 bridgehead atoms. The van der Waals surface area contributed by atoms with Gasteiger partial charge in [0.15, 0.2) is 5.65 Å². The van der Waals surface area contributed by atoms with Crippen molar-refractivity contribution in [1.82, 2.24) is 25.0 Å². The highest BCUT2D eigenvalue weighted by molar-refractivity contribution is 5.88. The summed E-state index contributed by atoms with van der Waals surface area (Å²) >= 11 is 0. The molecule has 2 aromatic heterocycles. The predicted molar refractivity (Wildman–Crippen MR) is 131 cm³/mol. The van der Waals surface area contributed by atoms with Crippen LogP contribution in [-0.4, -0.2) is 76.3 Å². The zero-order valence-corrected chi connectivity index (χ0v) is 19.7. The Kier molecular flexibility index (Phi) is 6.34. The Hall–Kier alpha value is -3.23. The number of aromatic nitrogens is 3. The number of phenolic OH excluding ortho intramolecular Hbond substituents is 1. The van der Waals surface area contributed by atoms with Crippen LogP contribution in [0.15, 0.2) is 42.5 Å². The average molecular weight is 462 g/mol. The number of carbonyl (C=O) groups excluding carboxylic acids is 1. The largest absolute Gasteiger partial charge is 0.507 e. The second kappa shape index (κ2) is 9.56. The first-order valence-corrected chi connectivity index (χ1v) is 11.9. The number of aromatic hydroxyl groups is 1. The van der Waals surface area contributed by atoms with Gasteiger partial charge in [-0.05, 0) is 51.6 Å². The van der Waals surface area contributed by atoms with E-state index in [9.17, 15) is 9.90 Å². The van der Waals surface area contributed by atoms with Crippen molar-refractivity contribution in [3.63, 3.8) is 0 Å². The van der Waals surface area contributed by atoms with Crippen LogP contribution < -0.4 is 0 Å². The lowest BCUT2D eigenvalue weighted by Crippen LogP contribution is -2.27. The molecule has 2 atom stereocenters. The van der Waals surface area contributed by atoms with Crippen molar-refractivity contribution in [3.05, 3.63) is 53.7 Å². The first-order chi connectivity index (χ1) is 16.5. The lowest BCUT2D eigenvalue weighted by molar-refractivity contribution is -0.125. The Balaban J connectivity index is 1.48. The van der Waals surface area contributed by atoms with Crippen LogP contribution in [0.5, 0.6) is 5.75 Å². The summed E-state index contributed by atoms with van der Waals surface area (Å²) in [5.41, 5.74) is 4.22. The number of likely N-dealkylation sites (tertiary alicyclic amines) is 1. The van der Waals surface area contributed by atoms with Gasteiger partial charge in [-0.2, -0.15) is 0 Å². The number of likely N-dealkylation sites (N-methyl/N-ethyl adjacent to an activating group) is 1. The summed E-state index contributed by atoms with van der Waals surface area (Å²) in [4.78, 5) is 20.1. The molecule has 0 spiro atoms. The molecule has 0 aliphatic carbocycles. The third-order valence-electron chi connectivity index (χ3n) is 6.70. The number of fused-ring (bicyclic) bond motifs is 1. The van der Waals surface area contributed by atoms with Gasteiger partial charge >= 0.3 is 0 Å². The molecule has 34 heavy (non-hydrogen) atoms. The molecule has 0 unspecified atom stereocenters. The predicted octanol–water partition coefficient (Wildman–Crippen LogP) is 3.62. The molecule has 4 heterocycles. The van der Waals surface area contributed by atoms with Crippen LogP contribution in [0.2, 0.25) is 0 Å². The third kappa shape index (κ3) is 4.43. The number of amides is 1. The number of benzene rings is 1. The Morgan fingerprint density at radius 2 is 2.15 bits per heavy atom. The fourth-order valence-electron chi connectivity index (χ4n) is 4.99. The molecule has 8 heteroatoms. The van der Waals surface area contributed by atoms with E-state index in [4.69, 9.17) is 4.74 Å². The van der Waals surface area contributed by atoms with Crippen molar-refractivity contribution < 1.29 is 14.6 Å². The van der Waals surface area contributed by atoms with Gasteiger partial charge < -0.3 is 24.6 Å². The number of carbonyl (C=O) groups is 1. The van der Waals surface area contributed by atoms with Crippen LogP contribution in [0.1, 0.15) is 42.5 Å². The molecule has 2 aliphatic rings. The van der Waals surface area contributed by atoms with E-state index in [1.54, 1.807) is 18.2 Å². The van der Waals surface area contributed by atoms with Crippen molar-refractivity contribution in [2.45, 2.75) is 31.3 Å². The number of nitrogens with one attached hydrogen (secondary N) is 1. The molecular formula is C26H31N5O3. The molecule has 1 amide bonds. The Labute approximate surface area is 199 Å². The molecule has 0 radical (unpaired) electrons. The first kappa shape index (κ1) is 22.6. The number of phenols is 1. The van der Waals surface area contributed by atoms with Crippen LogP contribution in [0.4, 0.5) is 0 Å². The number of aromatic amines is 1. The van der Waals surface area contributed by atoms with Gasteiger partial charge in [0.05, 0.1) is 11.8 Å². The van der Waals surface area contributed by atoms with Crippen molar-refractivity contribution in [2.75, 3.05) is 40.3 Å². The third-order valence-corrected chi connectivity index (χ3v) is 6.70. The molecule has 2 saturated heterocycles. The number of para-hydroxylation sites is 1. The molecule has 2 fully saturated rings. The SMILES string of the molecule is CN(C)C/C=C/C(=O)N1CC[C@@H](c2[nH]c3nnc(-c4ccccc4O)cc3c2[C@H]2CCCO2)C1. The molecule has 0 saturated carbocycles. The van der Waals surface area contributed by atoms with E-state index in [0.717, 1.165) is 61.2 Å². The van der Waals surface area contributed by atoms with E-state index in [2.05, 4.69) is 15.2 Å². The van der Waals surface area contributed by atoms with Gasteiger partial charge in [-0.25, -0.2) is 0 Å². The van der Waals surface area contributed by atoms with Gasteiger partial charge in [0.2, 0.25) is 5.91 Å². The highest BCUT2D eigenvalue weighted by Gasteiger charge is 2.33. The molecule has 1 aromatic carbocycles. The zero-order chi connectivity index (χ0) is 23.7. The summed E-state index contributed by atoms with van der Waals surface area (Å²) in [6.07, 6.45) is 6.45. The summed E-state index contributed by atoms with van der Waals surface area (Å²) in [6, 6.07) is 9.16. The van der Waals surface area contributed by atoms with Crippen LogP contribution in [-0.2, 0) is 9.53 Å². The van der Waals surface area contributed by atoms with Gasteiger partial charge in [-0.15, -0.1) is 10.2 Å². The number of hydrogen-bond donors (Lipinski definition) is 2. The van der Waals surface area contributed by atoms with Crippen LogP contribution in [0.3, 0.4) is 0 Å². The second-order valence-electron chi connectivity index (χ2n) is 9.40. The average Bonchev–Trinajstić information content (AvgIpc) is 3.57. The Morgan fingerprint density at radius 3 is 2.91 bits per heavy atom. The number of nitrogens with zero attached hydrogens (tertiary/aromatic N) is 4. The van der Waals surface area contributed by atoms with Crippen molar-refractivity contribution in [3.8, 4) is 17.0 Å². The smallest absolute Gasteiger partial charge is 0.246 e. The Morgan fingerprint density at radius 1 is 1.29 bits per heavy atom. The van der Waals surface area contributed by atoms with Crippen molar-refractivity contribution >= 4 is 16.9 Å². The van der Waals surface area contributed by atoms with Crippen molar-refractivity contribution in [2.24, 2.45) is 0 Å². The molecule has 3 aromatic rings. The van der Waals surface area contributed by atoms with E-state index in [0.29, 0.717) is 17.8 Å². The maximum atomic E-state index is 12.7. The van der Waals surface area contributed by atoms with Crippen molar-refractivity contribution in [1.29, 1.82) is 0 Å². The monoisotopic (exact) mass is 461 g/mol. The first-order valence-electron chi connectivity index (χ1n) is 11.9. The standard InChI is InChI=1S/C26H31N5O3/c1-30(2)12-5-10-23(33)31-13-11-17(16-31)25-24(22-9-6-14-34-22)19-15-20(28-29-26(19)27-25)18-7-3-4-8-21(18)32/h3-5,7-8,10,15,17,22,32H,6,9,11-14,16H2,1-2H3,(H,27,29)/b10-5+/t17-,22-/m1/s1. The van der Waals surface area contributed by atoms with E-state index < -0.39 is 0 Å². The molecule has 2 N–H and O–H groups in total. The number of hydrogen-bond acceptors (Lipinski definition) is 6. The van der Waals surface area contributed by atoms with E-state index in [1.165, 1.54) is 0 Å². The summed E-state index contributed by atoms with van der Waals surface area (Å²) in [5, 5.41) is 20.1. The summed E-state index contributed by atoms with van der Waals surface area (Å²) < 4.78 is 6.11. The molecular weight excluding hydrogens is 430 g/mol. The maximum absolute atomic E-state index is 12.7. The van der Waals surface area contributed by atoms with Gasteiger partial charge in [0.25, 0.3) is 0 Å². The minimum Gasteiger partial charge on any atom is -0.507 e. The molecule has 178 valence electrons. The molecule has 8 nitrogen and oxygen atoms in total. The zero-order valence-electron chi connectivity index (χ0n) is 19.7. The Bertz CT molecular complexity index is 1210. The van der Waals surface area contributed by atoms with Gasteiger partial charge in [0.1, 0.15) is 5.75 Å². The fraction of sp³-hybridized carbons (Fsp3) is 0.423. The number of H-pyrrole nitrogens is 1. The van der Waals surface area contributed by atoms with Crippen LogP contribution >= 0.6 is 0 Å². The van der Waals surface area contributed by atoms with Crippen LogP contribution in [0, 0.1) is 0 Å². The molecule has 2 aliphatic heterocycles. The highest BCUT2D eigenvalue weighted by atomic mass is 16.5. The van der Waals surface area contributed by atoms with E-state index in [1.807, 2.05) is 48.2 Å². The fourth-order valence-corrected chi connectivity index (χ4v) is 4.99. The minimum atomic E-state index is -0.00471. The quantitative estimate of drug-likeness (QED) is 0.545. The molecule has 5 rings (SSSR count). The second-order valence-corrected chi connectivity index (χ2v) is 9.40. The van der Waals surface area contributed by atoms with Crippen LogP contribution in [0.25, 0.3) is 22.3 Å².